The number of nitrogens with zero attached hydrogens (tertiary/aromatic N) is 1. The van der Waals surface area contributed by atoms with Gasteiger partial charge in [0.1, 0.15) is 12.6 Å². The molecule has 1 unspecified atom stereocenters. The molecule has 2 N–H and O–H groups in total. The molecule has 0 bridgehead atoms. The number of methoxy groups -OCH3 is 1. The van der Waals surface area contributed by atoms with Crippen molar-refractivity contribution >= 4 is 23.6 Å². The van der Waals surface area contributed by atoms with Crippen molar-refractivity contribution < 1.29 is 24.2 Å². The van der Waals surface area contributed by atoms with E-state index in [1.165, 1.54) is 7.11 Å². The van der Waals surface area contributed by atoms with Crippen LogP contribution in [0.4, 0.5) is 4.79 Å². The third-order valence-electron chi connectivity index (χ3n) is 2.95. The minimum atomic E-state index is -1.14. The number of carbonyl (C=O) groups is 2. The highest BCUT2D eigenvalue weighted by Crippen LogP contribution is 2.17. The monoisotopic (exact) mass is 336 g/mol. The first-order valence-electron chi connectivity index (χ1n) is 6.78. The zero-order valence-electron chi connectivity index (χ0n) is 12.4. The first kappa shape index (κ1) is 16.8. The van der Waals surface area contributed by atoms with Crippen LogP contribution >= 0.6 is 11.5 Å². The summed E-state index contributed by atoms with van der Waals surface area (Å²) in [5, 5.41) is 11.6. The maximum atomic E-state index is 11.7. The van der Waals surface area contributed by atoms with Gasteiger partial charge in [-0.1, -0.05) is 30.3 Å². The van der Waals surface area contributed by atoms with Crippen LogP contribution in [-0.2, 0) is 22.6 Å². The maximum Gasteiger partial charge on any atom is 0.408 e. The minimum absolute atomic E-state index is 0.0768. The number of alkyl carbamates (subject to hydrolysis) is 1. The second kappa shape index (κ2) is 8.14. The van der Waals surface area contributed by atoms with Gasteiger partial charge >= 0.3 is 12.1 Å². The fourth-order valence-corrected chi connectivity index (χ4v) is 2.52. The van der Waals surface area contributed by atoms with Crippen LogP contribution in [0.5, 0.6) is 5.88 Å². The number of carboxylic acids is 1. The van der Waals surface area contributed by atoms with E-state index >= 15 is 0 Å². The number of aromatic nitrogens is 1. The number of hydrogen-bond acceptors (Lipinski definition) is 6. The Morgan fingerprint density at radius 1 is 1.35 bits per heavy atom. The Hall–Kier alpha value is -2.61. The van der Waals surface area contributed by atoms with Crippen LogP contribution in [-0.4, -0.2) is 34.7 Å². The van der Waals surface area contributed by atoms with Crippen molar-refractivity contribution in [2.24, 2.45) is 0 Å². The van der Waals surface area contributed by atoms with Crippen LogP contribution in [0.3, 0.4) is 0 Å². The quantitative estimate of drug-likeness (QED) is 0.803. The SMILES string of the molecule is COc1cc(CC(NC(=O)OCc2ccccc2)C(=O)O)sn1. The molecule has 0 aliphatic carbocycles. The average molecular weight is 336 g/mol. The van der Waals surface area contributed by atoms with Crippen molar-refractivity contribution in [1.82, 2.24) is 9.69 Å². The van der Waals surface area contributed by atoms with Crippen LogP contribution in [0.2, 0.25) is 0 Å². The molecule has 1 aromatic heterocycles. The van der Waals surface area contributed by atoms with Gasteiger partial charge in [-0.3, -0.25) is 0 Å². The predicted octanol–water partition coefficient (Wildman–Crippen LogP) is 2.07. The maximum absolute atomic E-state index is 11.7. The summed E-state index contributed by atoms with van der Waals surface area (Å²) in [4.78, 5) is 23.7. The third-order valence-corrected chi connectivity index (χ3v) is 3.74. The molecule has 1 aromatic carbocycles. The third kappa shape index (κ3) is 5.26. The molecule has 0 fully saturated rings. The highest BCUT2D eigenvalue weighted by Gasteiger charge is 2.22. The van der Waals surface area contributed by atoms with Gasteiger partial charge in [0.15, 0.2) is 0 Å². The van der Waals surface area contributed by atoms with Crippen molar-refractivity contribution in [3.05, 3.63) is 46.8 Å². The number of rotatable bonds is 7. The summed E-state index contributed by atoms with van der Waals surface area (Å²) >= 11 is 1.13. The molecular weight excluding hydrogens is 320 g/mol. The first-order valence-corrected chi connectivity index (χ1v) is 7.55. The van der Waals surface area contributed by atoms with E-state index in [9.17, 15) is 14.7 Å². The van der Waals surface area contributed by atoms with E-state index < -0.39 is 18.1 Å². The summed E-state index contributed by atoms with van der Waals surface area (Å²) in [6.45, 7) is 0.0768. The molecule has 23 heavy (non-hydrogen) atoms. The van der Waals surface area contributed by atoms with E-state index in [4.69, 9.17) is 9.47 Å². The summed E-state index contributed by atoms with van der Waals surface area (Å²) in [5.41, 5.74) is 0.821. The number of ether oxygens (including phenoxy) is 2. The van der Waals surface area contributed by atoms with Crippen LogP contribution in [0, 0.1) is 0 Å². The van der Waals surface area contributed by atoms with E-state index in [1.807, 2.05) is 30.3 Å². The van der Waals surface area contributed by atoms with E-state index in [0.29, 0.717) is 10.8 Å². The van der Waals surface area contributed by atoms with Crippen molar-refractivity contribution in [2.75, 3.05) is 7.11 Å². The highest BCUT2D eigenvalue weighted by atomic mass is 32.1. The van der Waals surface area contributed by atoms with E-state index in [1.54, 1.807) is 6.07 Å². The van der Waals surface area contributed by atoms with Crippen LogP contribution in [0.15, 0.2) is 36.4 Å². The van der Waals surface area contributed by atoms with Gasteiger partial charge in [-0.15, -0.1) is 0 Å². The van der Waals surface area contributed by atoms with Gasteiger partial charge in [-0.05, 0) is 17.1 Å². The fourth-order valence-electron chi connectivity index (χ4n) is 1.79. The summed E-state index contributed by atoms with van der Waals surface area (Å²) in [6, 6.07) is 9.67. The Kier molecular flexibility index (Phi) is 5.93. The van der Waals surface area contributed by atoms with Crippen molar-refractivity contribution in [1.29, 1.82) is 0 Å². The summed E-state index contributed by atoms with van der Waals surface area (Å²) in [5.74, 6) is -0.727. The molecule has 8 heteroatoms. The van der Waals surface area contributed by atoms with Crippen molar-refractivity contribution in [3.8, 4) is 5.88 Å². The standard InChI is InChI=1S/C15H16N2O5S/c1-21-13-8-11(23-17-13)7-12(14(18)19)16-15(20)22-9-10-5-3-2-4-6-10/h2-6,8,12H,7,9H2,1H3,(H,16,20)(H,18,19). The molecule has 122 valence electrons. The normalized spacial score (nSPS) is 11.5. The molecule has 0 saturated carbocycles. The number of carbonyl (C=O) groups excluding carboxylic acids is 1. The molecule has 2 rings (SSSR count). The number of aliphatic carboxylic acids is 1. The molecule has 0 aliphatic heterocycles. The zero-order valence-corrected chi connectivity index (χ0v) is 13.2. The van der Waals surface area contributed by atoms with Gasteiger partial charge in [-0.25, -0.2) is 9.59 Å². The summed E-state index contributed by atoms with van der Waals surface area (Å²) in [6.07, 6.45) is -0.672. The number of carboxylic acid groups (broad SMARTS) is 1. The Morgan fingerprint density at radius 2 is 2.09 bits per heavy atom. The lowest BCUT2D eigenvalue weighted by molar-refractivity contribution is -0.139. The average Bonchev–Trinajstić information content (AvgIpc) is 3.01. The lowest BCUT2D eigenvalue weighted by Crippen LogP contribution is -2.42. The Balaban J connectivity index is 1.88. The van der Waals surface area contributed by atoms with Gasteiger partial charge < -0.3 is 19.9 Å². The number of amides is 1. The summed E-state index contributed by atoms with van der Waals surface area (Å²) in [7, 11) is 1.48. The zero-order chi connectivity index (χ0) is 16.7. The van der Waals surface area contributed by atoms with Gasteiger partial charge in [0, 0.05) is 17.4 Å². The first-order chi connectivity index (χ1) is 11.1. The van der Waals surface area contributed by atoms with E-state index in [0.717, 1.165) is 17.1 Å². The van der Waals surface area contributed by atoms with Gasteiger partial charge in [0.2, 0.25) is 5.88 Å². The molecule has 1 heterocycles. The number of hydrogen-bond donors (Lipinski definition) is 2. The molecule has 0 saturated heterocycles. The second-order valence-electron chi connectivity index (χ2n) is 4.64. The summed E-state index contributed by atoms with van der Waals surface area (Å²) < 4.78 is 14.0. The minimum Gasteiger partial charge on any atom is -0.480 e. The van der Waals surface area contributed by atoms with Gasteiger partial charge in [0.25, 0.3) is 0 Å². The van der Waals surface area contributed by atoms with Gasteiger partial charge in [0.05, 0.1) is 7.11 Å². The Labute approximate surface area is 137 Å². The molecule has 1 amide bonds. The van der Waals surface area contributed by atoms with E-state index in [2.05, 4.69) is 9.69 Å². The Morgan fingerprint density at radius 3 is 2.70 bits per heavy atom. The molecule has 0 spiro atoms. The van der Waals surface area contributed by atoms with Crippen molar-refractivity contribution in [2.45, 2.75) is 19.1 Å². The second-order valence-corrected chi connectivity index (χ2v) is 5.53. The van der Waals surface area contributed by atoms with Gasteiger partial charge in [-0.2, -0.15) is 4.37 Å². The highest BCUT2D eigenvalue weighted by molar-refractivity contribution is 7.05. The lowest BCUT2D eigenvalue weighted by atomic mass is 10.2. The largest absolute Gasteiger partial charge is 0.480 e. The molecule has 0 radical (unpaired) electrons. The molecule has 2 aromatic rings. The number of nitrogens with one attached hydrogen (secondary N) is 1. The molecule has 7 nitrogen and oxygen atoms in total. The van der Waals surface area contributed by atoms with Crippen LogP contribution < -0.4 is 10.1 Å². The fraction of sp³-hybridized carbons (Fsp3) is 0.267. The smallest absolute Gasteiger partial charge is 0.408 e. The number of benzene rings is 1. The Bertz CT molecular complexity index is 659. The lowest BCUT2D eigenvalue weighted by Gasteiger charge is -2.13. The topological polar surface area (TPSA) is 97.8 Å². The predicted molar refractivity (Wildman–Crippen MR) is 83.6 cm³/mol. The van der Waals surface area contributed by atoms with Crippen LogP contribution in [0.1, 0.15) is 10.4 Å². The molecule has 0 aliphatic rings. The molecule has 1 atom stereocenters. The molecular formula is C15H16N2O5S. The van der Waals surface area contributed by atoms with E-state index in [-0.39, 0.29) is 13.0 Å². The van der Waals surface area contributed by atoms with Crippen molar-refractivity contribution in [3.63, 3.8) is 0 Å². The van der Waals surface area contributed by atoms with Crippen LogP contribution in [0.25, 0.3) is 0 Å².